The Morgan fingerprint density at radius 3 is 2.20 bits per heavy atom. The predicted molar refractivity (Wildman–Crippen MR) is 95.2 cm³/mol. The molecule has 0 bridgehead atoms. The third-order valence-corrected chi connectivity index (χ3v) is 3.98. The Morgan fingerprint density at radius 1 is 1.04 bits per heavy atom. The van der Waals surface area contributed by atoms with Crippen molar-refractivity contribution >= 4 is 29.3 Å². The summed E-state index contributed by atoms with van der Waals surface area (Å²) in [6.07, 6.45) is 0. The van der Waals surface area contributed by atoms with Crippen LogP contribution < -0.4 is 10.6 Å². The summed E-state index contributed by atoms with van der Waals surface area (Å²) in [5.74, 6) is -3.21. The summed E-state index contributed by atoms with van der Waals surface area (Å²) in [6.45, 7) is 3.61. The highest BCUT2D eigenvalue weighted by Crippen LogP contribution is 2.26. The van der Waals surface area contributed by atoms with Crippen LogP contribution in [-0.4, -0.2) is 24.1 Å². The molecule has 0 saturated carbocycles. The number of hydrogen-bond donors (Lipinski definition) is 2. The van der Waals surface area contributed by atoms with Crippen molar-refractivity contribution in [3.05, 3.63) is 59.2 Å². The topological polar surface area (TPSA) is 58.2 Å². The van der Waals surface area contributed by atoms with E-state index in [1.54, 1.807) is 12.1 Å². The zero-order chi connectivity index (χ0) is 18.4. The molecular weight excluding hydrogens is 346 g/mol. The molecule has 0 fully saturated rings. The first kappa shape index (κ1) is 18.9. The average molecular weight is 364 g/mol. The number of benzene rings is 2. The van der Waals surface area contributed by atoms with Gasteiger partial charge in [0.2, 0.25) is 5.91 Å². The fourth-order valence-corrected chi connectivity index (χ4v) is 2.79. The fourth-order valence-electron chi connectivity index (χ4n) is 2.29. The Kier molecular flexibility index (Phi) is 6.52. The molecule has 4 nitrogen and oxygen atoms in total. The zero-order valence-electron chi connectivity index (χ0n) is 13.8. The minimum Gasteiger partial charge on any atom is -0.343 e. The van der Waals surface area contributed by atoms with E-state index in [2.05, 4.69) is 10.6 Å². The molecule has 2 aromatic rings. The van der Waals surface area contributed by atoms with E-state index in [9.17, 15) is 18.4 Å². The molecule has 0 saturated heterocycles. The van der Waals surface area contributed by atoms with Gasteiger partial charge in [0.1, 0.15) is 0 Å². The number of nitrogens with one attached hydrogen (secondary N) is 2. The lowest BCUT2D eigenvalue weighted by Gasteiger charge is -2.09. The van der Waals surface area contributed by atoms with E-state index in [1.165, 1.54) is 24.3 Å². The lowest BCUT2D eigenvalue weighted by molar-refractivity contribution is -0.115. The van der Waals surface area contributed by atoms with Crippen LogP contribution in [0.2, 0.25) is 0 Å². The summed E-state index contributed by atoms with van der Waals surface area (Å²) in [5.41, 5.74) is 2.91. The van der Waals surface area contributed by atoms with Crippen molar-refractivity contribution in [2.45, 2.75) is 24.5 Å². The Bertz CT molecular complexity index is 744. The minimum atomic E-state index is -2.49. The molecule has 0 aromatic heterocycles. The number of amides is 2. The molecular formula is C18H18F2N2O2S. The van der Waals surface area contributed by atoms with E-state index in [0.717, 1.165) is 11.1 Å². The van der Waals surface area contributed by atoms with Gasteiger partial charge in [-0.3, -0.25) is 9.59 Å². The standard InChI is InChI=1S/C18H18F2N2O2S/c1-11-7-12(2)9-13(8-11)17(24)21-10-16(23)22-14-3-5-15(6-4-14)25-18(19)20/h3-9,18H,10H2,1-2H3,(H,21,24)(H,22,23). The summed E-state index contributed by atoms with van der Waals surface area (Å²) < 4.78 is 24.5. The minimum absolute atomic E-state index is 0.181. The first-order valence-electron chi connectivity index (χ1n) is 7.55. The molecule has 132 valence electrons. The van der Waals surface area contributed by atoms with Crippen molar-refractivity contribution in [1.29, 1.82) is 0 Å². The molecule has 2 N–H and O–H groups in total. The van der Waals surface area contributed by atoms with Gasteiger partial charge in [-0.1, -0.05) is 29.0 Å². The smallest absolute Gasteiger partial charge is 0.288 e. The van der Waals surface area contributed by atoms with Crippen LogP contribution in [0.4, 0.5) is 14.5 Å². The van der Waals surface area contributed by atoms with Gasteiger partial charge in [-0.25, -0.2) is 0 Å². The SMILES string of the molecule is Cc1cc(C)cc(C(=O)NCC(=O)Nc2ccc(SC(F)F)cc2)c1. The predicted octanol–water partition coefficient (Wildman–Crippen LogP) is 3.99. The molecule has 0 radical (unpaired) electrons. The van der Waals surface area contributed by atoms with Gasteiger partial charge in [-0.15, -0.1) is 0 Å². The van der Waals surface area contributed by atoms with Gasteiger partial charge in [-0.05, 0) is 50.2 Å². The van der Waals surface area contributed by atoms with Crippen LogP contribution >= 0.6 is 11.8 Å². The maximum atomic E-state index is 12.3. The monoisotopic (exact) mass is 364 g/mol. The van der Waals surface area contributed by atoms with Crippen LogP contribution in [0, 0.1) is 13.8 Å². The second kappa shape index (κ2) is 8.62. The van der Waals surface area contributed by atoms with Crippen LogP contribution in [0.3, 0.4) is 0 Å². The largest absolute Gasteiger partial charge is 0.343 e. The van der Waals surface area contributed by atoms with Gasteiger partial charge >= 0.3 is 0 Å². The number of carbonyl (C=O) groups is 2. The zero-order valence-corrected chi connectivity index (χ0v) is 14.6. The van der Waals surface area contributed by atoms with E-state index in [0.29, 0.717) is 27.9 Å². The Labute approximate surface area is 149 Å². The van der Waals surface area contributed by atoms with Crippen molar-refractivity contribution in [1.82, 2.24) is 5.32 Å². The summed E-state index contributed by atoms with van der Waals surface area (Å²) in [6, 6.07) is 11.5. The van der Waals surface area contributed by atoms with Crippen molar-refractivity contribution in [3.8, 4) is 0 Å². The summed E-state index contributed by atoms with van der Waals surface area (Å²) in [5, 5.41) is 5.16. The number of hydrogen-bond acceptors (Lipinski definition) is 3. The molecule has 0 aliphatic rings. The Balaban J connectivity index is 1.86. The molecule has 0 aliphatic heterocycles. The number of aryl methyl sites for hydroxylation is 2. The lowest BCUT2D eigenvalue weighted by Crippen LogP contribution is -2.32. The van der Waals surface area contributed by atoms with Gasteiger partial charge in [-0.2, -0.15) is 8.78 Å². The second-order valence-electron chi connectivity index (χ2n) is 5.51. The highest BCUT2D eigenvalue weighted by molar-refractivity contribution is 7.99. The van der Waals surface area contributed by atoms with Crippen molar-refractivity contribution < 1.29 is 18.4 Å². The fraction of sp³-hybridized carbons (Fsp3) is 0.222. The van der Waals surface area contributed by atoms with Gasteiger partial charge in [0.05, 0.1) is 6.54 Å². The van der Waals surface area contributed by atoms with E-state index < -0.39 is 11.7 Å². The van der Waals surface area contributed by atoms with Crippen LogP contribution in [0.1, 0.15) is 21.5 Å². The molecule has 0 heterocycles. The quantitative estimate of drug-likeness (QED) is 0.762. The van der Waals surface area contributed by atoms with E-state index >= 15 is 0 Å². The van der Waals surface area contributed by atoms with Gasteiger partial charge in [0, 0.05) is 16.1 Å². The van der Waals surface area contributed by atoms with Crippen LogP contribution in [0.25, 0.3) is 0 Å². The number of halogens is 2. The molecule has 0 unspecified atom stereocenters. The molecule has 2 aromatic carbocycles. The Morgan fingerprint density at radius 2 is 1.64 bits per heavy atom. The maximum absolute atomic E-state index is 12.3. The molecule has 25 heavy (non-hydrogen) atoms. The number of anilines is 1. The van der Waals surface area contributed by atoms with Crippen molar-refractivity contribution in [3.63, 3.8) is 0 Å². The molecule has 0 atom stereocenters. The molecule has 0 spiro atoms. The van der Waals surface area contributed by atoms with E-state index in [4.69, 9.17) is 0 Å². The van der Waals surface area contributed by atoms with Gasteiger partial charge in [0.25, 0.3) is 11.7 Å². The summed E-state index contributed by atoms with van der Waals surface area (Å²) in [4.78, 5) is 24.4. The van der Waals surface area contributed by atoms with Crippen molar-refractivity contribution in [2.24, 2.45) is 0 Å². The second-order valence-corrected chi connectivity index (χ2v) is 6.57. The first-order chi connectivity index (χ1) is 11.8. The molecule has 2 rings (SSSR count). The van der Waals surface area contributed by atoms with Crippen LogP contribution in [0.15, 0.2) is 47.4 Å². The van der Waals surface area contributed by atoms with Crippen molar-refractivity contribution in [2.75, 3.05) is 11.9 Å². The number of carbonyl (C=O) groups excluding carboxylic acids is 2. The highest BCUT2D eigenvalue weighted by atomic mass is 32.2. The van der Waals surface area contributed by atoms with Crippen LogP contribution in [-0.2, 0) is 4.79 Å². The number of thioether (sulfide) groups is 1. The highest BCUT2D eigenvalue weighted by Gasteiger charge is 2.10. The third kappa shape index (κ3) is 6.19. The maximum Gasteiger partial charge on any atom is 0.288 e. The molecule has 7 heteroatoms. The van der Waals surface area contributed by atoms with Crippen LogP contribution in [0.5, 0.6) is 0 Å². The summed E-state index contributed by atoms with van der Waals surface area (Å²) in [7, 11) is 0. The Hall–Kier alpha value is -2.41. The summed E-state index contributed by atoms with van der Waals surface area (Å²) >= 11 is 0.437. The third-order valence-electron chi connectivity index (χ3n) is 3.26. The lowest BCUT2D eigenvalue weighted by atomic mass is 10.1. The van der Waals surface area contributed by atoms with Gasteiger partial charge < -0.3 is 10.6 Å². The molecule has 2 amide bonds. The number of alkyl halides is 2. The normalized spacial score (nSPS) is 10.6. The van der Waals surface area contributed by atoms with Gasteiger partial charge in [0.15, 0.2) is 0 Å². The van der Waals surface area contributed by atoms with E-state index in [-0.39, 0.29) is 12.5 Å². The number of rotatable bonds is 6. The average Bonchev–Trinajstić information content (AvgIpc) is 2.53. The van der Waals surface area contributed by atoms with E-state index in [1.807, 2.05) is 19.9 Å². The first-order valence-corrected chi connectivity index (χ1v) is 8.42. The molecule has 0 aliphatic carbocycles.